The highest BCUT2D eigenvalue weighted by Gasteiger charge is 2.21. The Balaban J connectivity index is 2.11. The third-order valence-electron chi connectivity index (χ3n) is 1.06. The molecule has 2 rings (SSSR count). The van der Waals surface area contributed by atoms with E-state index in [0.717, 1.165) is 32.0 Å². The first-order chi connectivity index (χ1) is 5.75. The zero-order chi connectivity index (χ0) is 8.55. The Morgan fingerprint density at radius 2 is 1.25 bits per heavy atom. The van der Waals surface area contributed by atoms with Crippen molar-refractivity contribution in [3.63, 3.8) is 0 Å². The summed E-state index contributed by atoms with van der Waals surface area (Å²) < 4.78 is 26.8. The number of rotatable bonds is 0. The van der Waals surface area contributed by atoms with E-state index in [9.17, 15) is 8.78 Å². The molecule has 0 fully saturated rings. The maximum Gasteiger partial charge on any atom is 0.168 e. The third kappa shape index (κ3) is 1.86. The van der Waals surface area contributed by atoms with Crippen molar-refractivity contribution in [3.8, 4) is 0 Å². The Labute approximate surface area is 85.3 Å². The van der Waals surface area contributed by atoms with Crippen LogP contribution in [0.3, 0.4) is 0 Å². The van der Waals surface area contributed by atoms with Crippen LogP contribution in [0, 0.1) is 0 Å². The van der Waals surface area contributed by atoms with Crippen LogP contribution < -0.4 is 0 Å². The van der Waals surface area contributed by atoms with Crippen molar-refractivity contribution in [2.24, 2.45) is 0 Å². The average Bonchev–Trinajstić information content (AvgIpc) is 2.58. The predicted octanol–water partition coefficient (Wildman–Crippen LogP) is 4.61. The van der Waals surface area contributed by atoms with Gasteiger partial charge in [0.1, 0.15) is 0 Å². The van der Waals surface area contributed by atoms with Crippen molar-refractivity contribution < 1.29 is 8.78 Å². The molecule has 2 heterocycles. The number of hydrogen-bond donors (Lipinski definition) is 0. The summed E-state index contributed by atoms with van der Waals surface area (Å²) in [5.74, 6) is 0. The Morgan fingerprint density at radius 1 is 0.833 bits per heavy atom. The van der Waals surface area contributed by atoms with Crippen molar-refractivity contribution in [3.05, 3.63) is 29.6 Å². The van der Waals surface area contributed by atoms with Gasteiger partial charge in [-0.25, -0.2) is 0 Å². The van der Waals surface area contributed by atoms with E-state index < -0.39 is 0 Å². The second kappa shape index (κ2) is 3.69. The molecule has 0 aromatic carbocycles. The largest absolute Gasteiger partial charge is 0.198 e. The molecule has 6 heteroatoms. The van der Waals surface area contributed by atoms with Crippen LogP contribution >= 0.6 is 47.0 Å². The summed E-state index contributed by atoms with van der Waals surface area (Å²) in [6, 6.07) is 0. The summed E-state index contributed by atoms with van der Waals surface area (Å²) in [4.78, 5) is 0. The van der Waals surface area contributed by atoms with Crippen LogP contribution in [0.5, 0.6) is 0 Å². The lowest BCUT2D eigenvalue weighted by molar-refractivity contribution is 0.703. The van der Waals surface area contributed by atoms with Gasteiger partial charge in [0.15, 0.2) is 10.3 Å². The molecule has 0 N–H and O–H groups in total. The summed E-state index contributed by atoms with van der Waals surface area (Å²) in [6.45, 7) is 0. The SMILES string of the molecule is FC1=CSC(=C2SC=C(F)S2)S1. The van der Waals surface area contributed by atoms with Crippen LogP contribution in [0.15, 0.2) is 29.6 Å². The summed E-state index contributed by atoms with van der Waals surface area (Å²) in [5, 5.41) is 2.45. The van der Waals surface area contributed by atoms with Crippen molar-refractivity contribution in [2.75, 3.05) is 0 Å². The number of hydrogen-bond acceptors (Lipinski definition) is 4. The Hall–Kier alpha value is 0.480. The number of thioether (sulfide) groups is 4. The van der Waals surface area contributed by atoms with Crippen molar-refractivity contribution in [1.82, 2.24) is 0 Å². The molecule has 12 heavy (non-hydrogen) atoms. The van der Waals surface area contributed by atoms with Gasteiger partial charge in [-0.1, -0.05) is 23.5 Å². The van der Waals surface area contributed by atoms with Gasteiger partial charge in [0.2, 0.25) is 0 Å². The maximum atomic E-state index is 12.6. The predicted molar refractivity (Wildman–Crippen MR) is 55.8 cm³/mol. The van der Waals surface area contributed by atoms with Gasteiger partial charge in [-0.2, -0.15) is 8.78 Å². The van der Waals surface area contributed by atoms with Crippen LogP contribution in [0.25, 0.3) is 0 Å². The van der Waals surface area contributed by atoms with E-state index >= 15 is 0 Å². The maximum absolute atomic E-state index is 12.6. The van der Waals surface area contributed by atoms with Gasteiger partial charge in [0.05, 0.1) is 8.47 Å². The smallest absolute Gasteiger partial charge is 0.168 e. The van der Waals surface area contributed by atoms with Gasteiger partial charge in [0, 0.05) is 10.8 Å². The monoisotopic (exact) mass is 240 g/mol. The zero-order valence-corrected chi connectivity index (χ0v) is 8.81. The van der Waals surface area contributed by atoms with E-state index in [1.165, 1.54) is 34.3 Å². The Kier molecular flexibility index (Phi) is 2.78. The first kappa shape index (κ1) is 9.05. The van der Waals surface area contributed by atoms with Crippen molar-refractivity contribution in [1.29, 1.82) is 0 Å². The summed E-state index contributed by atoms with van der Waals surface area (Å²) in [5.41, 5.74) is 0. The Morgan fingerprint density at radius 3 is 1.50 bits per heavy atom. The molecule has 0 bridgehead atoms. The third-order valence-corrected chi connectivity index (χ3v) is 5.85. The van der Waals surface area contributed by atoms with Crippen LogP contribution in [-0.2, 0) is 0 Å². The van der Waals surface area contributed by atoms with Gasteiger partial charge in [-0.3, -0.25) is 0 Å². The summed E-state index contributed by atoms with van der Waals surface area (Å²) in [6.07, 6.45) is 0. The van der Waals surface area contributed by atoms with Gasteiger partial charge in [-0.05, 0) is 23.5 Å². The highest BCUT2D eigenvalue weighted by molar-refractivity contribution is 8.33. The highest BCUT2D eigenvalue weighted by atomic mass is 32.2. The van der Waals surface area contributed by atoms with E-state index in [2.05, 4.69) is 0 Å². The summed E-state index contributed by atoms with van der Waals surface area (Å²) >= 11 is 4.75. The fourth-order valence-electron chi connectivity index (χ4n) is 0.653. The molecule has 0 saturated carbocycles. The lowest BCUT2D eigenvalue weighted by Gasteiger charge is -1.97. The van der Waals surface area contributed by atoms with Gasteiger partial charge >= 0.3 is 0 Å². The molecule has 0 atom stereocenters. The molecule has 2 aliphatic rings. The minimum Gasteiger partial charge on any atom is -0.198 e. The lowest BCUT2D eigenvalue weighted by Crippen LogP contribution is -1.65. The molecular formula is C6H2F2S4. The molecule has 0 spiro atoms. The van der Waals surface area contributed by atoms with Crippen LogP contribution in [0.2, 0.25) is 0 Å². The van der Waals surface area contributed by atoms with Gasteiger partial charge in [-0.15, -0.1) is 0 Å². The fourth-order valence-corrected chi connectivity index (χ4v) is 4.67. The van der Waals surface area contributed by atoms with Gasteiger partial charge in [0.25, 0.3) is 0 Å². The van der Waals surface area contributed by atoms with E-state index in [1.807, 2.05) is 0 Å². The Bertz CT molecular complexity index is 275. The van der Waals surface area contributed by atoms with Gasteiger partial charge < -0.3 is 0 Å². The molecule has 0 nitrogen and oxygen atoms in total. The molecule has 0 aromatic heterocycles. The van der Waals surface area contributed by atoms with E-state index in [1.54, 1.807) is 0 Å². The quantitative estimate of drug-likeness (QED) is 0.606. The first-order valence-electron chi connectivity index (χ1n) is 2.90. The van der Waals surface area contributed by atoms with Crippen LogP contribution in [-0.4, -0.2) is 0 Å². The molecule has 0 saturated heterocycles. The normalized spacial score (nSPS) is 29.2. The van der Waals surface area contributed by atoms with Crippen molar-refractivity contribution >= 4 is 47.0 Å². The fraction of sp³-hybridized carbons (Fsp3) is 0. The molecule has 0 radical (unpaired) electrons. The molecule has 2 aliphatic heterocycles. The molecule has 0 unspecified atom stereocenters. The van der Waals surface area contributed by atoms with Crippen molar-refractivity contribution in [2.45, 2.75) is 0 Å². The lowest BCUT2D eigenvalue weighted by atomic mass is 11.2. The molecular weight excluding hydrogens is 238 g/mol. The van der Waals surface area contributed by atoms with E-state index in [4.69, 9.17) is 0 Å². The zero-order valence-electron chi connectivity index (χ0n) is 5.54. The highest BCUT2D eigenvalue weighted by Crippen LogP contribution is 2.55. The number of halogens is 2. The van der Waals surface area contributed by atoms with E-state index in [-0.39, 0.29) is 10.3 Å². The summed E-state index contributed by atoms with van der Waals surface area (Å²) in [7, 11) is 0. The molecule has 0 amide bonds. The van der Waals surface area contributed by atoms with Crippen LogP contribution in [0.1, 0.15) is 0 Å². The van der Waals surface area contributed by atoms with Crippen LogP contribution in [0.4, 0.5) is 8.78 Å². The standard InChI is InChI=1S/C6H2F2S4/c7-3-1-9-5(11-3)6-10-2-4(8)12-6/h1-2H. The second-order valence-electron chi connectivity index (χ2n) is 1.86. The van der Waals surface area contributed by atoms with E-state index in [0.29, 0.717) is 0 Å². The topological polar surface area (TPSA) is 0 Å². The second-order valence-corrected chi connectivity index (χ2v) is 6.14. The molecule has 0 aromatic rings. The average molecular weight is 240 g/mol. The minimum absolute atomic E-state index is 0.212. The first-order valence-corrected chi connectivity index (χ1v) is 6.29. The minimum atomic E-state index is -0.212. The molecule has 0 aliphatic carbocycles. The molecule has 64 valence electrons.